The first-order chi connectivity index (χ1) is 11.7. The van der Waals surface area contributed by atoms with Crippen molar-refractivity contribution >= 4 is 11.7 Å². The van der Waals surface area contributed by atoms with Crippen molar-refractivity contribution in [3.8, 4) is 11.1 Å². The standard InChI is InChI=1S/C19H22N2O3/c22-13-16-10-11-21(12-18(16)23)19(24)20-17-8-6-15(7-9-17)14-4-2-1-3-5-14/h1-9,16,18,22-23H,10-13H2,(H,20,24)/t16-,18-/m1/s1. The van der Waals surface area contributed by atoms with Crippen molar-refractivity contribution in [1.82, 2.24) is 4.90 Å². The maximum Gasteiger partial charge on any atom is 0.321 e. The molecule has 5 nitrogen and oxygen atoms in total. The molecule has 0 radical (unpaired) electrons. The van der Waals surface area contributed by atoms with E-state index >= 15 is 0 Å². The number of piperidine rings is 1. The van der Waals surface area contributed by atoms with Crippen molar-refractivity contribution in [2.45, 2.75) is 12.5 Å². The van der Waals surface area contributed by atoms with E-state index in [1.54, 1.807) is 4.90 Å². The van der Waals surface area contributed by atoms with Crippen molar-refractivity contribution in [2.75, 3.05) is 25.0 Å². The molecule has 2 aromatic carbocycles. The predicted octanol–water partition coefficient (Wildman–Crippen LogP) is 2.56. The molecular weight excluding hydrogens is 304 g/mol. The van der Waals surface area contributed by atoms with Gasteiger partial charge < -0.3 is 20.4 Å². The number of anilines is 1. The highest BCUT2D eigenvalue weighted by Crippen LogP contribution is 2.22. The number of nitrogens with zero attached hydrogens (tertiary/aromatic N) is 1. The maximum absolute atomic E-state index is 12.3. The lowest BCUT2D eigenvalue weighted by molar-refractivity contribution is 0.0123. The Morgan fingerprint density at radius 3 is 2.38 bits per heavy atom. The molecule has 1 aliphatic rings. The van der Waals surface area contributed by atoms with E-state index in [4.69, 9.17) is 5.11 Å². The molecule has 0 bridgehead atoms. The molecule has 1 heterocycles. The van der Waals surface area contributed by atoms with Crippen molar-refractivity contribution in [1.29, 1.82) is 0 Å². The van der Waals surface area contributed by atoms with E-state index in [0.717, 1.165) is 16.8 Å². The van der Waals surface area contributed by atoms with Gasteiger partial charge in [-0.25, -0.2) is 4.79 Å². The Morgan fingerprint density at radius 2 is 1.75 bits per heavy atom. The van der Waals surface area contributed by atoms with Crippen LogP contribution in [0.15, 0.2) is 54.6 Å². The molecular formula is C19H22N2O3. The van der Waals surface area contributed by atoms with Crippen LogP contribution in [0.2, 0.25) is 0 Å². The third kappa shape index (κ3) is 3.75. The molecule has 5 heteroatoms. The van der Waals surface area contributed by atoms with Gasteiger partial charge in [-0.15, -0.1) is 0 Å². The number of nitrogens with one attached hydrogen (secondary N) is 1. The smallest absolute Gasteiger partial charge is 0.321 e. The van der Waals surface area contributed by atoms with E-state index < -0.39 is 6.10 Å². The summed E-state index contributed by atoms with van der Waals surface area (Å²) in [6.45, 7) is 0.743. The van der Waals surface area contributed by atoms with Gasteiger partial charge in [-0.3, -0.25) is 0 Å². The predicted molar refractivity (Wildman–Crippen MR) is 93.7 cm³/mol. The van der Waals surface area contributed by atoms with Crippen LogP contribution in [-0.4, -0.2) is 46.9 Å². The molecule has 0 aliphatic carbocycles. The van der Waals surface area contributed by atoms with Gasteiger partial charge in [0.25, 0.3) is 0 Å². The van der Waals surface area contributed by atoms with Gasteiger partial charge in [0, 0.05) is 31.3 Å². The molecule has 2 aromatic rings. The van der Waals surface area contributed by atoms with Crippen LogP contribution in [0.1, 0.15) is 6.42 Å². The van der Waals surface area contributed by atoms with Crippen LogP contribution in [0, 0.1) is 5.92 Å². The van der Waals surface area contributed by atoms with Crippen LogP contribution < -0.4 is 5.32 Å². The first-order valence-electron chi connectivity index (χ1n) is 8.17. The number of hydrogen-bond donors (Lipinski definition) is 3. The summed E-state index contributed by atoms with van der Waals surface area (Å²) in [6, 6.07) is 17.5. The minimum Gasteiger partial charge on any atom is -0.396 e. The van der Waals surface area contributed by atoms with Gasteiger partial charge in [0.1, 0.15) is 0 Å². The topological polar surface area (TPSA) is 72.8 Å². The van der Waals surface area contributed by atoms with E-state index in [9.17, 15) is 9.90 Å². The second-order valence-corrected chi connectivity index (χ2v) is 6.12. The largest absolute Gasteiger partial charge is 0.396 e. The van der Waals surface area contributed by atoms with Crippen LogP contribution in [-0.2, 0) is 0 Å². The van der Waals surface area contributed by atoms with Crippen LogP contribution >= 0.6 is 0 Å². The quantitative estimate of drug-likeness (QED) is 0.812. The molecule has 3 rings (SSSR count). The fourth-order valence-corrected chi connectivity index (χ4v) is 2.96. The van der Waals surface area contributed by atoms with Crippen molar-refractivity contribution < 1.29 is 15.0 Å². The van der Waals surface area contributed by atoms with Crippen LogP contribution in [0.3, 0.4) is 0 Å². The number of carbonyl (C=O) groups excluding carboxylic acids is 1. The fourth-order valence-electron chi connectivity index (χ4n) is 2.96. The van der Waals surface area contributed by atoms with Crippen molar-refractivity contribution in [2.24, 2.45) is 5.92 Å². The Kier molecular flexibility index (Phi) is 5.13. The van der Waals surface area contributed by atoms with Gasteiger partial charge in [-0.2, -0.15) is 0 Å². The summed E-state index contributed by atoms with van der Waals surface area (Å²) >= 11 is 0. The molecule has 0 saturated carbocycles. The summed E-state index contributed by atoms with van der Waals surface area (Å²) in [5.74, 6) is -0.140. The van der Waals surface area contributed by atoms with Gasteiger partial charge in [0.2, 0.25) is 0 Å². The molecule has 2 atom stereocenters. The van der Waals surface area contributed by atoms with Crippen LogP contribution in [0.4, 0.5) is 10.5 Å². The highest BCUT2D eigenvalue weighted by Gasteiger charge is 2.29. The number of aliphatic hydroxyl groups is 2. The van der Waals surface area contributed by atoms with E-state index in [1.807, 2.05) is 54.6 Å². The zero-order valence-corrected chi connectivity index (χ0v) is 13.4. The molecule has 0 spiro atoms. The zero-order valence-electron chi connectivity index (χ0n) is 13.4. The lowest BCUT2D eigenvalue weighted by atomic mass is 9.95. The number of carbonyl (C=O) groups is 1. The summed E-state index contributed by atoms with van der Waals surface area (Å²) in [7, 11) is 0. The molecule has 0 aromatic heterocycles. The van der Waals surface area contributed by atoms with E-state index in [0.29, 0.717) is 13.0 Å². The summed E-state index contributed by atoms with van der Waals surface area (Å²) in [4.78, 5) is 13.9. The Morgan fingerprint density at radius 1 is 1.08 bits per heavy atom. The molecule has 126 valence electrons. The Hall–Kier alpha value is -2.37. The Balaban J connectivity index is 1.61. The van der Waals surface area contributed by atoms with E-state index in [-0.39, 0.29) is 25.1 Å². The minimum atomic E-state index is -0.671. The van der Waals surface area contributed by atoms with Crippen LogP contribution in [0.5, 0.6) is 0 Å². The summed E-state index contributed by atoms with van der Waals surface area (Å²) in [5, 5.41) is 22.0. The highest BCUT2D eigenvalue weighted by atomic mass is 16.3. The lowest BCUT2D eigenvalue weighted by Crippen LogP contribution is -2.49. The lowest BCUT2D eigenvalue weighted by Gasteiger charge is -2.35. The Labute approximate surface area is 141 Å². The molecule has 1 fully saturated rings. The second kappa shape index (κ2) is 7.47. The van der Waals surface area contributed by atoms with Crippen molar-refractivity contribution in [3.05, 3.63) is 54.6 Å². The first-order valence-corrected chi connectivity index (χ1v) is 8.17. The number of rotatable bonds is 3. The van der Waals surface area contributed by atoms with Gasteiger partial charge >= 0.3 is 6.03 Å². The highest BCUT2D eigenvalue weighted by molar-refractivity contribution is 5.89. The van der Waals surface area contributed by atoms with Gasteiger partial charge in [0.15, 0.2) is 0 Å². The zero-order chi connectivity index (χ0) is 16.9. The summed E-state index contributed by atoms with van der Waals surface area (Å²) < 4.78 is 0. The maximum atomic E-state index is 12.3. The second-order valence-electron chi connectivity index (χ2n) is 6.12. The molecule has 1 aliphatic heterocycles. The average molecular weight is 326 g/mol. The first kappa shape index (κ1) is 16.5. The molecule has 2 amide bonds. The number of likely N-dealkylation sites (tertiary alicyclic amines) is 1. The number of β-amino-alcohol motifs (C(OH)–C–C–N with tert-alkyl or cyclic N) is 1. The van der Waals surface area contributed by atoms with Gasteiger partial charge in [-0.1, -0.05) is 42.5 Å². The van der Waals surface area contributed by atoms with E-state index in [2.05, 4.69) is 5.32 Å². The third-order valence-corrected chi connectivity index (χ3v) is 4.49. The third-order valence-electron chi connectivity index (χ3n) is 4.49. The molecule has 1 saturated heterocycles. The van der Waals surface area contributed by atoms with Crippen molar-refractivity contribution in [3.63, 3.8) is 0 Å². The summed E-state index contributed by atoms with van der Waals surface area (Å²) in [6.07, 6.45) is -0.0622. The van der Waals surface area contributed by atoms with Gasteiger partial charge in [0.05, 0.1) is 6.10 Å². The number of hydrogen-bond acceptors (Lipinski definition) is 3. The van der Waals surface area contributed by atoms with Crippen LogP contribution in [0.25, 0.3) is 11.1 Å². The van der Waals surface area contributed by atoms with Gasteiger partial charge in [-0.05, 0) is 29.7 Å². The Bertz CT molecular complexity index is 673. The normalized spacial score (nSPS) is 20.7. The SMILES string of the molecule is O=C(Nc1ccc(-c2ccccc2)cc1)N1CC[C@H](CO)[C@H](O)C1. The number of urea groups is 1. The number of amides is 2. The molecule has 0 unspecified atom stereocenters. The molecule has 24 heavy (non-hydrogen) atoms. The summed E-state index contributed by atoms with van der Waals surface area (Å²) in [5.41, 5.74) is 2.94. The molecule has 3 N–H and O–H groups in total. The van der Waals surface area contributed by atoms with E-state index in [1.165, 1.54) is 0 Å². The fraction of sp³-hybridized carbons (Fsp3) is 0.316. The average Bonchev–Trinajstić information content (AvgIpc) is 2.63. The monoisotopic (exact) mass is 326 g/mol. The number of benzene rings is 2. The number of aliphatic hydroxyl groups excluding tert-OH is 2. The minimum absolute atomic E-state index is 0.0441.